The van der Waals surface area contributed by atoms with Crippen LogP contribution < -0.4 is 0 Å². The molecular formula is C20H22F2N6O. The molecule has 29 heavy (non-hydrogen) atoms. The zero-order valence-corrected chi connectivity index (χ0v) is 16.1. The van der Waals surface area contributed by atoms with E-state index in [1.807, 2.05) is 13.0 Å². The Bertz CT molecular complexity index is 989. The summed E-state index contributed by atoms with van der Waals surface area (Å²) in [6.45, 7) is 3.57. The minimum Gasteiger partial charge on any atom is -0.381 e. The van der Waals surface area contributed by atoms with Crippen molar-refractivity contribution in [2.75, 3.05) is 0 Å². The second-order valence-electron chi connectivity index (χ2n) is 7.62. The molecule has 4 rings (SSSR count). The fraction of sp³-hybridized carbons (Fsp3) is 0.400. The molecule has 152 valence electrons. The van der Waals surface area contributed by atoms with Crippen LogP contribution >= 0.6 is 0 Å². The third-order valence-corrected chi connectivity index (χ3v) is 5.82. The van der Waals surface area contributed by atoms with E-state index < -0.39 is 23.3 Å². The molecule has 1 aliphatic heterocycles. The molecule has 2 aromatic rings. The van der Waals surface area contributed by atoms with Gasteiger partial charge in [0.15, 0.2) is 0 Å². The van der Waals surface area contributed by atoms with Crippen molar-refractivity contribution in [3.8, 4) is 0 Å². The number of nitrogens with zero attached hydrogens (tertiary/aromatic N) is 5. The Balaban J connectivity index is 1.76. The fourth-order valence-electron chi connectivity index (χ4n) is 4.17. The first-order chi connectivity index (χ1) is 13.8. The Hall–Kier alpha value is -2.94. The van der Waals surface area contributed by atoms with Crippen LogP contribution in [0.3, 0.4) is 0 Å². The number of hydrogen-bond acceptors (Lipinski definition) is 6. The number of halogens is 2. The summed E-state index contributed by atoms with van der Waals surface area (Å²) in [6.07, 6.45) is 6.96. The SMILES string of the molecule is CC1=NN([C@H](C)[C@](O)(Cn2cncn2)c2ccc(F)cc2F)C2C=CC(=N)CC12. The van der Waals surface area contributed by atoms with Gasteiger partial charge < -0.3 is 10.5 Å². The molecule has 0 radical (unpaired) electrons. The van der Waals surface area contributed by atoms with E-state index in [1.165, 1.54) is 23.4 Å². The summed E-state index contributed by atoms with van der Waals surface area (Å²) in [4.78, 5) is 3.89. The number of rotatable bonds is 5. The largest absolute Gasteiger partial charge is 0.381 e. The van der Waals surface area contributed by atoms with Crippen LogP contribution in [0.1, 0.15) is 25.8 Å². The maximum Gasteiger partial charge on any atom is 0.137 e. The van der Waals surface area contributed by atoms with Gasteiger partial charge in [-0.1, -0.05) is 12.1 Å². The average Bonchev–Trinajstić information content (AvgIpc) is 3.29. The van der Waals surface area contributed by atoms with Gasteiger partial charge in [0.25, 0.3) is 0 Å². The molecular weight excluding hydrogens is 378 g/mol. The maximum absolute atomic E-state index is 14.7. The molecule has 4 atom stereocenters. The first-order valence-corrected chi connectivity index (χ1v) is 9.39. The summed E-state index contributed by atoms with van der Waals surface area (Å²) in [5.74, 6) is -1.52. The molecule has 0 spiro atoms. The smallest absolute Gasteiger partial charge is 0.137 e. The molecule has 0 saturated carbocycles. The lowest BCUT2D eigenvalue weighted by Gasteiger charge is -2.42. The third-order valence-electron chi connectivity index (χ3n) is 5.82. The summed E-state index contributed by atoms with van der Waals surface area (Å²) in [7, 11) is 0. The Morgan fingerprint density at radius 1 is 1.38 bits per heavy atom. The monoisotopic (exact) mass is 400 g/mol. The average molecular weight is 400 g/mol. The van der Waals surface area contributed by atoms with E-state index in [4.69, 9.17) is 5.41 Å². The highest BCUT2D eigenvalue weighted by Gasteiger charge is 2.47. The van der Waals surface area contributed by atoms with Crippen LogP contribution in [-0.4, -0.2) is 48.4 Å². The van der Waals surface area contributed by atoms with Crippen LogP contribution in [-0.2, 0) is 12.1 Å². The third kappa shape index (κ3) is 3.35. The van der Waals surface area contributed by atoms with Crippen molar-refractivity contribution < 1.29 is 13.9 Å². The van der Waals surface area contributed by atoms with Crippen molar-refractivity contribution >= 4 is 11.4 Å². The Kier molecular flexibility index (Phi) is 4.77. The van der Waals surface area contributed by atoms with E-state index >= 15 is 0 Å². The Labute approximate surface area is 166 Å². The van der Waals surface area contributed by atoms with E-state index in [1.54, 1.807) is 18.0 Å². The predicted octanol–water partition coefficient (Wildman–Crippen LogP) is 2.49. The molecule has 0 saturated heterocycles. The van der Waals surface area contributed by atoms with Crippen molar-refractivity contribution in [2.24, 2.45) is 11.0 Å². The van der Waals surface area contributed by atoms with E-state index in [9.17, 15) is 13.9 Å². The summed E-state index contributed by atoms with van der Waals surface area (Å²) in [6, 6.07) is 2.32. The number of aliphatic hydroxyl groups is 1. The fourth-order valence-corrected chi connectivity index (χ4v) is 4.17. The number of nitrogens with one attached hydrogen (secondary N) is 1. The van der Waals surface area contributed by atoms with Crippen molar-refractivity contribution in [3.63, 3.8) is 0 Å². The van der Waals surface area contributed by atoms with Crippen LogP contribution in [0, 0.1) is 23.0 Å². The quantitative estimate of drug-likeness (QED) is 0.807. The van der Waals surface area contributed by atoms with Gasteiger partial charge >= 0.3 is 0 Å². The van der Waals surface area contributed by atoms with Gasteiger partial charge in [0, 0.05) is 29.0 Å². The van der Waals surface area contributed by atoms with E-state index in [2.05, 4.69) is 15.2 Å². The molecule has 2 N–H and O–H groups in total. The zero-order valence-electron chi connectivity index (χ0n) is 16.1. The number of benzene rings is 1. The van der Waals surface area contributed by atoms with Gasteiger partial charge in [0.05, 0.1) is 18.6 Å². The number of allylic oxidation sites excluding steroid dienone is 1. The lowest BCUT2D eigenvalue weighted by molar-refractivity contribution is -0.0694. The highest BCUT2D eigenvalue weighted by molar-refractivity contribution is 5.99. The molecule has 0 amide bonds. The van der Waals surface area contributed by atoms with Crippen LogP contribution in [0.4, 0.5) is 8.78 Å². The first-order valence-electron chi connectivity index (χ1n) is 9.39. The van der Waals surface area contributed by atoms with Crippen molar-refractivity contribution in [1.29, 1.82) is 5.41 Å². The van der Waals surface area contributed by atoms with Crippen molar-refractivity contribution in [1.82, 2.24) is 19.8 Å². The van der Waals surface area contributed by atoms with E-state index in [0.29, 0.717) is 12.1 Å². The van der Waals surface area contributed by atoms with Crippen LogP contribution in [0.15, 0.2) is 48.1 Å². The van der Waals surface area contributed by atoms with E-state index in [0.717, 1.165) is 17.8 Å². The molecule has 2 unspecified atom stereocenters. The van der Waals surface area contributed by atoms with Gasteiger partial charge in [-0.2, -0.15) is 10.2 Å². The van der Waals surface area contributed by atoms with Crippen LogP contribution in [0.2, 0.25) is 0 Å². The Morgan fingerprint density at radius 3 is 2.86 bits per heavy atom. The molecule has 1 aromatic heterocycles. The van der Waals surface area contributed by atoms with Gasteiger partial charge in [-0.25, -0.2) is 18.4 Å². The molecule has 1 aromatic carbocycles. The second-order valence-corrected chi connectivity index (χ2v) is 7.62. The van der Waals surface area contributed by atoms with Crippen LogP contribution in [0.25, 0.3) is 0 Å². The molecule has 2 aliphatic rings. The van der Waals surface area contributed by atoms with Gasteiger partial charge in [-0.3, -0.25) is 5.01 Å². The zero-order chi connectivity index (χ0) is 20.8. The molecule has 9 heteroatoms. The summed E-state index contributed by atoms with van der Waals surface area (Å²) in [5, 5.41) is 30.1. The normalized spacial score (nSPS) is 24.2. The Morgan fingerprint density at radius 2 is 2.17 bits per heavy atom. The minimum absolute atomic E-state index is 0.0311. The second kappa shape index (κ2) is 7.14. The molecule has 0 fully saturated rings. The lowest BCUT2D eigenvalue weighted by atomic mass is 9.82. The van der Waals surface area contributed by atoms with Crippen LogP contribution in [0.5, 0.6) is 0 Å². The topological polar surface area (TPSA) is 90.4 Å². The number of hydrogen-bond donors (Lipinski definition) is 2. The predicted molar refractivity (Wildman–Crippen MR) is 103 cm³/mol. The highest BCUT2D eigenvalue weighted by atomic mass is 19.1. The van der Waals surface area contributed by atoms with Gasteiger partial charge in [0.2, 0.25) is 0 Å². The molecule has 0 bridgehead atoms. The number of hydrazone groups is 1. The van der Waals surface area contributed by atoms with Gasteiger partial charge in [-0.05, 0) is 32.4 Å². The minimum atomic E-state index is -1.76. The maximum atomic E-state index is 14.7. The van der Waals surface area contributed by atoms with Crippen molar-refractivity contribution in [3.05, 3.63) is 60.2 Å². The molecule has 1 aliphatic carbocycles. The standard InChI is InChI=1S/C20H22F2N6O/c1-12-16-8-15(23)4-6-19(16)28(26-12)13(2)20(29,9-27-11-24-10-25-27)17-5-3-14(21)7-18(17)22/h3-7,10-11,13,16,19,23,29H,8-9H2,1-2H3/t13-,16?,19?,20-/m1/s1. The number of fused-ring (bicyclic) bond motifs is 1. The van der Waals surface area contributed by atoms with Gasteiger partial charge in [-0.15, -0.1) is 0 Å². The van der Waals surface area contributed by atoms with Gasteiger partial charge in [0.1, 0.15) is 29.9 Å². The molecule has 7 nitrogen and oxygen atoms in total. The first kappa shape index (κ1) is 19.4. The van der Waals surface area contributed by atoms with Crippen molar-refractivity contribution in [2.45, 2.75) is 44.5 Å². The lowest BCUT2D eigenvalue weighted by Crippen LogP contribution is -2.53. The number of aromatic nitrogens is 3. The van der Waals surface area contributed by atoms with E-state index in [-0.39, 0.29) is 24.1 Å². The summed E-state index contributed by atoms with van der Waals surface area (Å²) >= 11 is 0. The summed E-state index contributed by atoms with van der Waals surface area (Å²) in [5.41, 5.74) is -0.412. The highest BCUT2D eigenvalue weighted by Crippen LogP contribution is 2.38. The summed E-state index contributed by atoms with van der Waals surface area (Å²) < 4.78 is 29.7. The molecule has 2 heterocycles.